The average molecular weight is 628 g/mol. The summed E-state index contributed by atoms with van der Waals surface area (Å²) in [6, 6.07) is 18.8. The topological polar surface area (TPSA) is 105 Å². The van der Waals surface area contributed by atoms with Crippen LogP contribution < -0.4 is 19.1 Å². The Hall–Kier alpha value is -3.76. The highest BCUT2D eigenvalue weighted by atomic mass is 35.5. The van der Waals surface area contributed by atoms with Crippen LogP contribution in [0.2, 0.25) is 5.02 Å². The van der Waals surface area contributed by atoms with E-state index in [1.165, 1.54) is 36.3 Å². The molecule has 11 heteroatoms. The largest absolute Gasteiger partial charge is 0.497 e. The number of methoxy groups -OCH3 is 2. The molecule has 3 aromatic carbocycles. The third kappa shape index (κ3) is 8.00. The van der Waals surface area contributed by atoms with Crippen molar-refractivity contribution in [2.45, 2.75) is 62.6 Å². The minimum atomic E-state index is -4.21. The predicted molar refractivity (Wildman–Crippen MR) is 167 cm³/mol. The molecule has 0 spiro atoms. The molecular formula is C32H38ClN3O6S. The number of ether oxygens (including phenoxy) is 2. The summed E-state index contributed by atoms with van der Waals surface area (Å²) in [4.78, 5) is 29.0. The average Bonchev–Trinajstić information content (AvgIpc) is 3.02. The lowest BCUT2D eigenvalue weighted by Gasteiger charge is -2.33. The summed E-state index contributed by atoms with van der Waals surface area (Å²) in [7, 11) is -1.20. The van der Waals surface area contributed by atoms with E-state index < -0.39 is 28.5 Å². The highest BCUT2D eigenvalue weighted by molar-refractivity contribution is 7.92. The van der Waals surface area contributed by atoms with Gasteiger partial charge in [-0.25, -0.2) is 8.42 Å². The highest BCUT2D eigenvalue weighted by Crippen LogP contribution is 2.32. The second-order valence-electron chi connectivity index (χ2n) is 10.5. The molecule has 4 rings (SSSR count). The fourth-order valence-electron chi connectivity index (χ4n) is 5.18. The van der Waals surface area contributed by atoms with E-state index in [1.807, 2.05) is 6.07 Å². The first-order valence-corrected chi connectivity index (χ1v) is 16.1. The normalized spacial score (nSPS) is 14.4. The second-order valence-corrected chi connectivity index (χ2v) is 12.8. The Morgan fingerprint density at radius 1 is 0.953 bits per heavy atom. The summed E-state index contributed by atoms with van der Waals surface area (Å²) in [6.07, 6.45) is 5.02. The van der Waals surface area contributed by atoms with E-state index in [2.05, 4.69) is 5.32 Å². The summed E-state index contributed by atoms with van der Waals surface area (Å²) in [6.45, 7) is 1.17. The second kappa shape index (κ2) is 14.6. The molecule has 1 N–H and O–H groups in total. The lowest BCUT2D eigenvalue weighted by atomic mass is 9.95. The molecule has 0 heterocycles. The monoisotopic (exact) mass is 627 g/mol. The Balaban J connectivity index is 1.70. The Bertz CT molecular complexity index is 1510. The van der Waals surface area contributed by atoms with Gasteiger partial charge in [-0.3, -0.25) is 13.9 Å². The maximum atomic E-state index is 14.2. The maximum absolute atomic E-state index is 14.2. The van der Waals surface area contributed by atoms with Crippen molar-refractivity contribution >= 4 is 39.1 Å². The van der Waals surface area contributed by atoms with Gasteiger partial charge in [-0.05, 0) is 67.8 Å². The zero-order chi connectivity index (χ0) is 31.0. The minimum Gasteiger partial charge on any atom is -0.497 e. The smallest absolute Gasteiger partial charge is 0.264 e. The molecule has 1 aliphatic carbocycles. The number of carbonyl (C=O) groups excluding carboxylic acids is 2. The van der Waals surface area contributed by atoms with E-state index in [4.69, 9.17) is 21.1 Å². The van der Waals surface area contributed by atoms with Crippen LogP contribution in [0.4, 0.5) is 5.69 Å². The van der Waals surface area contributed by atoms with E-state index in [-0.39, 0.29) is 34.1 Å². The first kappa shape index (κ1) is 32.2. The number of hydrogen-bond donors (Lipinski definition) is 1. The minimum absolute atomic E-state index is 0.0113. The van der Waals surface area contributed by atoms with Crippen molar-refractivity contribution in [2.24, 2.45) is 0 Å². The number of carbonyl (C=O) groups is 2. The van der Waals surface area contributed by atoms with E-state index in [9.17, 15) is 18.0 Å². The molecule has 9 nitrogen and oxygen atoms in total. The molecule has 43 heavy (non-hydrogen) atoms. The summed E-state index contributed by atoms with van der Waals surface area (Å²) >= 11 is 6.38. The molecule has 1 aliphatic rings. The Kier molecular flexibility index (Phi) is 10.9. The molecule has 230 valence electrons. The number of sulfonamides is 1. The standard InChI is InChI=1S/C32H38ClN3O6S/c1-23(32(38)34-25-12-6-4-7-13-25)35(21-24-11-10-14-27(19-24)41-2)31(37)22-36(26-17-18-30(42-3)29(33)20-26)43(39,40)28-15-8-5-9-16-28/h5,8-11,14-20,23,25H,4,6-7,12-13,21-22H2,1-3H3,(H,34,38)/t23-/m1/s1. The molecule has 0 aromatic heterocycles. The summed E-state index contributed by atoms with van der Waals surface area (Å²) in [5.74, 6) is 0.125. The number of nitrogens with one attached hydrogen (secondary N) is 1. The quantitative estimate of drug-likeness (QED) is 0.288. The zero-order valence-electron chi connectivity index (χ0n) is 24.7. The van der Waals surface area contributed by atoms with Gasteiger partial charge in [0.1, 0.15) is 24.1 Å². The van der Waals surface area contributed by atoms with Crippen molar-refractivity contribution in [1.82, 2.24) is 10.2 Å². The Morgan fingerprint density at radius 2 is 1.67 bits per heavy atom. The number of anilines is 1. The molecule has 0 aliphatic heterocycles. The molecule has 2 amide bonds. The molecule has 0 unspecified atom stereocenters. The van der Waals surface area contributed by atoms with Gasteiger partial charge in [0.25, 0.3) is 10.0 Å². The first-order chi connectivity index (χ1) is 20.6. The lowest BCUT2D eigenvalue weighted by molar-refractivity contribution is -0.139. The Labute approximate surface area is 258 Å². The van der Waals surface area contributed by atoms with E-state index in [0.717, 1.165) is 42.0 Å². The Morgan fingerprint density at radius 3 is 2.33 bits per heavy atom. The third-order valence-corrected chi connectivity index (χ3v) is 9.72. The van der Waals surface area contributed by atoms with Crippen molar-refractivity contribution in [2.75, 3.05) is 25.1 Å². The fourth-order valence-corrected chi connectivity index (χ4v) is 6.86. The summed E-state index contributed by atoms with van der Waals surface area (Å²) in [5.41, 5.74) is 0.915. The van der Waals surface area contributed by atoms with Gasteiger partial charge < -0.3 is 19.7 Å². The number of rotatable bonds is 12. The van der Waals surface area contributed by atoms with E-state index >= 15 is 0 Å². The summed E-state index contributed by atoms with van der Waals surface area (Å²) in [5, 5.41) is 3.29. The van der Waals surface area contributed by atoms with E-state index in [0.29, 0.717) is 11.5 Å². The number of benzene rings is 3. The van der Waals surface area contributed by atoms with Gasteiger partial charge in [0.15, 0.2) is 0 Å². The molecule has 0 bridgehead atoms. The van der Waals surface area contributed by atoms with Crippen molar-refractivity contribution in [3.8, 4) is 11.5 Å². The van der Waals surface area contributed by atoms with Crippen LogP contribution in [0, 0.1) is 0 Å². The van der Waals surface area contributed by atoms with E-state index in [1.54, 1.807) is 56.5 Å². The zero-order valence-corrected chi connectivity index (χ0v) is 26.2. The number of amides is 2. The van der Waals surface area contributed by atoms with Crippen LogP contribution in [0.5, 0.6) is 11.5 Å². The summed E-state index contributed by atoms with van der Waals surface area (Å²) < 4.78 is 39.5. The molecule has 0 saturated heterocycles. The van der Waals surface area contributed by atoms with Gasteiger partial charge in [0.2, 0.25) is 11.8 Å². The van der Waals surface area contributed by atoms with Gasteiger partial charge in [-0.1, -0.05) is 61.2 Å². The van der Waals surface area contributed by atoms with Gasteiger partial charge in [0.05, 0.1) is 29.8 Å². The molecule has 1 atom stereocenters. The van der Waals surface area contributed by atoms with Gasteiger partial charge >= 0.3 is 0 Å². The predicted octanol–water partition coefficient (Wildman–Crippen LogP) is 5.42. The molecular weight excluding hydrogens is 590 g/mol. The van der Waals surface area contributed by atoms with Gasteiger partial charge in [-0.2, -0.15) is 0 Å². The van der Waals surface area contributed by atoms with Crippen LogP contribution in [0.1, 0.15) is 44.6 Å². The molecule has 3 aromatic rings. The number of halogens is 1. The van der Waals surface area contributed by atoms with Crippen molar-refractivity contribution < 1.29 is 27.5 Å². The van der Waals surface area contributed by atoms with Gasteiger partial charge in [0, 0.05) is 12.6 Å². The van der Waals surface area contributed by atoms with Crippen LogP contribution in [0.3, 0.4) is 0 Å². The molecule has 1 fully saturated rings. The van der Waals surface area contributed by atoms with Crippen molar-refractivity contribution in [3.63, 3.8) is 0 Å². The number of nitrogens with zero attached hydrogens (tertiary/aromatic N) is 2. The van der Waals surface area contributed by atoms with Crippen LogP contribution in [-0.4, -0.2) is 58.0 Å². The third-order valence-electron chi connectivity index (χ3n) is 7.64. The maximum Gasteiger partial charge on any atom is 0.264 e. The molecule has 0 radical (unpaired) electrons. The van der Waals surface area contributed by atoms with Crippen LogP contribution in [0.25, 0.3) is 0 Å². The van der Waals surface area contributed by atoms with Crippen LogP contribution in [-0.2, 0) is 26.2 Å². The fraction of sp³-hybridized carbons (Fsp3) is 0.375. The first-order valence-electron chi connectivity index (χ1n) is 14.3. The van der Waals surface area contributed by atoms with Crippen LogP contribution >= 0.6 is 11.6 Å². The lowest BCUT2D eigenvalue weighted by Crippen LogP contribution is -2.53. The van der Waals surface area contributed by atoms with Crippen molar-refractivity contribution in [3.05, 3.63) is 83.4 Å². The number of hydrogen-bond acceptors (Lipinski definition) is 6. The van der Waals surface area contributed by atoms with Crippen molar-refractivity contribution in [1.29, 1.82) is 0 Å². The van der Waals surface area contributed by atoms with Crippen LogP contribution in [0.15, 0.2) is 77.7 Å². The van der Waals surface area contributed by atoms with Gasteiger partial charge in [-0.15, -0.1) is 0 Å². The SMILES string of the molecule is COc1cccc(CN(C(=O)CN(c2ccc(OC)c(Cl)c2)S(=O)(=O)c2ccccc2)[C@H](C)C(=O)NC2CCCCC2)c1. The highest BCUT2D eigenvalue weighted by Gasteiger charge is 2.33. The molecule has 1 saturated carbocycles.